The number of ether oxygens (including phenoxy) is 1. The Morgan fingerprint density at radius 1 is 1.47 bits per heavy atom. The van der Waals surface area contributed by atoms with Gasteiger partial charge in [-0.05, 0) is 37.1 Å². The molecule has 2 aliphatic rings. The van der Waals surface area contributed by atoms with Gasteiger partial charge in [0.15, 0.2) is 0 Å². The summed E-state index contributed by atoms with van der Waals surface area (Å²) in [6.07, 6.45) is 3.39. The lowest BCUT2D eigenvalue weighted by Crippen LogP contribution is -2.40. The van der Waals surface area contributed by atoms with Gasteiger partial charge in [-0.1, -0.05) is 17.7 Å². The lowest BCUT2D eigenvalue weighted by molar-refractivity contribution is -0.0562. The SMILES string of the molecule is Nc1cccc(Cl)c1SC1CCOC2(CCSC2)C1. The maximum Gasteiger partial charge on any atom is 0.0791 e. The summed E-state index contributed by atoms with van der Waals surface area (Å²) in [5, 5.41) is 1.33. The Morgan fingerprint density at radius 2 is 2.37 bits per heavy atom. The number of thioether (sulfide) groups is 2. The van der Waals surface area contributed by atoms with E-state index in [-0.39, 0.29) is 5.60 Å². The number of anilines is 1. The zero-order valence-electron chi connectivity index (χ0n) is 10.7. The van der Waals surface area contributed by atoms with Crippen molar-refractivity contribution < 1.29 is 4.74 Å². The van der Waals surface area contributed by atoms with Crippen molar-refractivity contribution in [3.05, 3.63) is 23.2 Å². The average molecular weight is 316 g/mol. The summed E-state index contributed by atoms with van der Waals surface area (Å²) in [5.41, 5.74) is 6.96. The van der Waals surface area contributed by atoms with Gasteiger partial charge in [-0.3, -0.25) is 0 Å². The Hall–Kier alpha value is -0.0300. The molecule has 2 fully saturated rings. The van der Waals surface area contributed by atoms with Gasteiger partial charge >= 0.3 is 0 Å². The zero-order valence-corrected chi connectivity index (χ0v) is 13.1. The molecule has 2 nitrogen and oxygen atoms in total. The highest BCUT2D eigenvalue weighted by molar-refractivity contribution is 8.00. The molecule has 104 valence electrons. The fourth-order valence-corrected chi connectivity index (χ4v) is 5.78. The zero-order chi connectivity index (χ0) is 13.3. The lowest BCUT2D eigenvalue weighted by atomic mass is 9.93. The van der Waals surface area contributed by atoms with Gasteiger partial charge in [0.2, 0.25) is 0 Å². The maximum absolute atomic E-state index is 6.26. The van der Waals surface area contributed by atoms with Crippen LogP contribution in [-0.2, 0) is 4.74 Å². The van der Waals surface area contributed by atoms with Crippen LogP contribution in [0.2, 0.25) is 5.02 Å². The van der Waals surface area contributed by atoms with Crippen LogP contribution in [0.4, 0.5) is 5.69 Å². The lowest BCUT2D eigenvalue weighted by Gasteiger charge is -2.37. The second kappa shape index (κ2) is 5.76. The first-order valence-electron chi connectivity index (χ1n) is 6.61. The number of nitrogen functional groups attached to an aromatic ring is 1. The summed E-state index contributed by atoms with van der Waals surface area (Å²) in [6.45, 7) is 0.864. The van der Waals surface area contributed by atoms with Crippen LogP contribution in [0.5, 0.6) is 0 Å². The summed E-state index contributed by atoms with van der Waals surface area (Å²) >= 11 is 10.1. The summed E-state index contributed by atoms with van der Waals surface area (Å²) in [7, 11) is 0. The van der Waals surface area contributed by atoms with Crippen molar-refractivity contribution in [1.82, 2.24) is 0 Å². The molecular weight excluding hydrogens is 298 g/mol. The van der Waals surface area contributed by atoms with Crippen LogP contribution in [-0.4, -0.2) is 29.0 Å². The van der Waals surface area contributed by atoms with Gasteiger partial charge in [0.1, 0.15) is 0 Å². The van der Waals surface area contributed by atoms with Crippen LogP contribution >= 0.6 is 35.1 Å². The van der Waals surface area contributed by atoms with E-state index in [1.54, 1.807) is 0 Å². The van der Waals surface area contributed by atoms with Crippen molar-refractivity contribution >= 4 is 40.8 Å². The molecule has 1 aromatic carbocycles. The predicted molar refractivity (Wildman–Crippen MR) is 85.4 cm³/mol. The summed E-state index contributed by atoms with van der Waals surface area (Å²) < 4.78 is 6.06. The monoisotopic (exact) mass is 315 g/mol. The highest BCUT2D eigenvalue weighted by Crippen LogP contribution is 2.45. The van der Waals surface area contributed by atoms with E-state index in [9.17, 15) is 0 Å². The molecule has 2 heterocycles. The standard InChI is InChI=1S/C14H18ClNOS2/c15-11-2-1-3-12(16)13(11)19-10-4-6-17-14(8-10)5-7-18-9-14/h1-3,10H,4-9,16H2. The van der Waals surface area contributed by atoms with E-state index in [4.69, 9.17) is 22.1 Å². The van der Waals surface area contributed by atoms with Crippen molar-refractivity contribution in [2.75, 3.05) is 23.8 Å². The van der Waals surface area contributed by atoms with Crippen LogP contribution in [0.1, 0.15) is 19.3 Å². The van der Waals surface area contributed by atoms with Gasteiger partial charge in [0.05, 0.1) is 10.6 Å². The minimum Gasteiger partial charge on any atom is -0.398 e. The average Bonchev–Trinajstić information content (AvgIpc) is 2.82. The number of hydrogen-bond acceptors (Lipinski definition) is 4. The van der Waals surface area contributed by atoms with Gasteiger partial charge < -0.3 is 10.5 Å². The Kier molecular flexibility index (Phi) is 4.22. The number of hydrogen-bond donors (Lipinski definition) is 1. The number of rotatable bonds is 2. The summed E-state index contributed by atoms with van der Waals surface area (Å²) in [6, 6.07) is 5.75. The molecule has 0 amide bonds. The van der Waals surface area contributed by atoms with Crippen molar-refractivity contribution in [1.29, 1.82) is 0 Å². The van der Waals surface area contributed by atoms with Crippen LogP contribution in [0, 0.1) is 0 Å². The minimum absolute atomic E-state index is 0.122. The van der Waals surface area contributed by atoms with Crippen molar-refractivity contribution in [2.24, 2.45) is 0 Å². The predicted octanol–water partition coefficient (Wildman–Crippen LogP) is 4.07. The molecule has 3 rings (SSSR count). The molecule has 1 aromatic rings. The third-order valence-electron chi connectivity index (χ3n) is 3.80. The molecule has 2 N–H and O–H groups in total. The fraction of sp³-hybridized carbons (Fsp3) is 0.571. The molecule has 5 heteroatoms. The second-order valence-corrected chi connectivity index (χ2v) is 8.05. The third-order valence-corrected chi connectivity index (χ3v) is 6.87. The first-order valence-corrected chi connectivity index (χ1v) is 9.02. The smallest absolute Gasteiger partial charge is 0.0791 e. The highest BCUT2D eigenvalue weighted by Gasteiger charge is 2.40. The van der Waals surface area contributed by atoms with Crippen molar-refractivity contribution in [3.63, 3.8) is 0 Å². The molecule has 0 bridgehead atoms. The summed E-state index contributed by atoms with van der Waals surface area (Å²) in [4.78, 5) is 1.04. The van der Waals surface area contributed by atoms with Crippen LogP contribution in [0.3, 0.4) is 0 Å². The molecule has 2 saturated heterocycles. The van der Waals surface area contributed by atoms with Crippen LogP contribution in [0.15, 0.2) is 23.1 Å². The normalized spacial score (nSPS) is 30.9. The van der Waals surface area contributed by atoms with E-state index in [1.165, 1.54) is 12.2 Å². The van der Waals surface area contributed by atoms with Crippen LogP contribution in [0.25, 0.3) is 0 Å². The molecule has 19 heavy (non-hydrogen) atoms. The fourth-order valence-electron chi connectivity index (χ4n) is 2.76. The van der Waals surface area contributed by atoms with Gasteiger partial charge in [-0.2, -0.15) is 11.8 Å². The molecular formula is C14H18ClNOS2. The molecule has 0 aromatic heterocycles. The van der Waals surface area contributed by atoms with Crippen molar-refractivity contribution in [3.8, 4) is 0 Å². The molecule has 0 saturated carbocycles. The topological polar surface area (TPSA) is 35.2 Å². The van der Waals surface area contributed by atoms with Crippen LogP contribution < -0.4 is 5.73 Å². The number of halogens is 1. The molecule has 2 atom stereocenters. The Bertz CT molecular complexity index is 443. The maximum atomic E-state index is 6.26. The summed E-state index contributed by atoms with van der Waals surface area (Å²) in [5.74, 6) is 2.37. The first kappa shape index (κ1) is 13.9. The van der Waals surface area contributed by atoms with Crippen molar-refractivity contribution in [2.45, 2.75) is 35.0 Å². The highest BCUT2D eigenvalue weighted by atomic mass is 35.5. The minimum atomic E-state index is 0.122. The van der Waals surface area contributed by atoms with E-state index < -0.39 is 0 Å². The molecule has 2 aliphatic heterocycles. The van der Waals surface area contributed by atoms with E-state index >= 15 is 0 Å². The van der Waals surface area contributed by atoms with Gasteiger partial charge in [0.25, 0.3) is 0 Å². The molecule has 0 radical (unpaired) electrons. The van der Waals surface area contributed by atoms with Gasteiger partial charge in [0, 0.05) is 28.2 Å². The van der Waals surface area contributed by atoms with Gasteiger partial charge in [-0.25, -0.2) is 0 Å². The van der Waals surface area contributed by atoms with E-state index in [2.05, 4.69) is 0 Å². The quantitative estimate of drug-likeness (QED) is 0.834. The Labute approximate surface area is 127 Å². The molecule has 2 unspecified atom stereocenters. The third kappa shape index (κ3) is 3.02. The van der Waals surface area contributed by atoms with Gasteiger partial charge in [-0.15, -0.1) is 11.8 Å². The largest absolute Gasteiger partial charge is 0.398 e. The van der Waals surface area contributed by atoms with E-state index in [0.29, 0.717) is 5.25 Å². The Morgan fingerprint density at radius 3 is 3.11 bits per heavy atom. The first-order chi connectivity index (χ1) is 9.19. The second-order valence-electron chi connectivity index (χ2n) is 5.22. The van der Waals surface area contributed by atoms with E-state index in [0.717, 1.165) is 40.8 Å². The molecule has 1 spiro atoms. The number of benzene rings is 1. The van der Waals surface area contributed by atoms with E-state index in [1.807, 2.05) is 41.7 Å². The number of nitrogens with two attached hydrogens (primary N) is 1. The Balaban J connectivity index is 1.73. The molecule has 0 aliphatic carbocycles.